The van der Waals surface area contributed by atoms with E-state index >= 15 is 4.39 Å². The lowest BCUT2D eigenvalue weighted by atomic mass is 10.0. The molecule has 0 unspecified atom stereocenters. The first-order chi connectivity index (χ1) is 19.3. The molecule has 0 saturated carbocycles. The normalized spacial score (nSPS) is 16.0. The smallest absolute Gasteiger partial charge is 0.229 e. The number of halogens is 2. The number of aryl methyl sites for hydroxylation is 1. The van der Waals surface area contributed by atoms with Crippen LogP contribution < -0.4 is 5.32 Å². The molecular formula is C30H38F2N8. The van der Waals surface area contributed by atoms with Crippen LogP contribution >= 0.6 is 0 Å². The quantitative estimate of drug-likeness (QED) is 0.278. The number of nitrogens with zero attached hydrogens (tertiary/aromatic N) is 7. The highest BCUT2D eigenvalue weighted by atomic mass is 19.1. The van der Waals surface area contributed by atoms with Gasteiger partial charge in [-0.15, -0.1) is 0 Å². The fourth-order valence-electron chi connectivity index (χ4n) is 5.80. The summed E-state index contributed by atoms with van der Waals surface area (Å²) in [5.41, 5.74) is 2.37. The molecule has 1 aliphatic rings. The van der Waals surface area contributed by atoms with Crippen molar-refractivity contribution in [1.82, 2.24) is 34.3 Å². The number of rotatable bonds is 8. The van der Waals surface area contributed by atoms with Crippen molar-refractivity contribution in [2.24, 2.45) is 0 Å². The predicted molar refractivity (Wildman–Crippen MR) is 155 cm³/mol. The molecule has 0 amide bonds. The average molecular weight is 549 g/mol. The van der Waals surface area contributed by atoms with Crippen LogP contribution in [0.15, 0.2) is 36.7 Å². The fraction of sp³-hybridized carbons (Fsp3) is 0.467. The molecule has 1 saturated heterocycles. The molecule has 3 aromatic heterocycles. The third-order valence-electron chi connectivity index (χ3n) is 7.77. The van der Waals surface area contributed by atoms with E-state index in [1.807, 2.05) is 37.6 Å². The van der Waals surface area contributed by atoms with Gasteiger partial charge in [-0.05, 0) is 70.5 Å². The Kier molecular flexibility index (Phi) is 8.37. The van der Waals surface area contributed by atoms with Crippen molar-refractivity contribution in [1.29, 1.82) is 0 Å². The van der Waals surface area contributed by atoms with Crippen molar-refractivity contribution < 1.29 is 8.78 Å². The van der Waals surface area contributed by atoms with E-state index in [0.29, 0.717) is 28.8 Å². The Balaban J connectivity index is 1.37. The fourth-order valence-corrected chi connectivity index (χ4v) is 5.80. The number of aromatic nitrogens is 5. The molecule has 212 valence electrons. The van der Waals surface area contributed by atoms with Crippen LogP contribution in [0.4, 0.5) is 20.5 Å². The van der Waals surface area contributed by atoms with Crippen molar-refractivity contribution >= 4 is 22.8 Å². The largest absolute Gasteiger partial charge is 0.326 e. The van der Waals surface area contributed by atoms with Crippen molar-refractivity contribution in [3.8, 4) is 11.3 Å². The number of hydrogen-bond donors (Lipinski definition) is 1. The third-order valence-corrected chi connectivity index (χ3v) is 7.77. The highest BCUT2D eigenvalue weighted by Crippen LogP contribution is 2.31. The van der Waals surface area contributed by atoms with Crippen LogP contribution in [0.5, 0.6) is 0 Å². The molecule has 0 aliphatic carbocycles. The van der Waals surface area contributed by atoms with Crippen LogP contribution in [0.3, 0.4) is 0 Å². The minimum atomic E-state index is -0.634. The maximum absolute atomic E-state index is 15.0. The number of benzene rings is 1. The van der Waals surface area contributed by atoms with Gasteiger partial charge in [0.1, 0.15) is 22.9 Å². The summed E-state index contributed by atoms with van der Waals surface area (Å²) < 4.78 is 31.9. The van der Waals surface area contributed by atoms with Gasteiger partial charge in [0, 0.05) is 43.5 Å². The molecule has 40 heavy (non-hydrogen) atoms. The van der Waals surface area contributed by atoms with Gasteiger partial charge < -0.3 is 14.8 Å². The summed E-state index contributed by atoms with van der Waals surface area (Å²) in [5, 5.41) is 3.08. The van der Waals surface area contributed by atoms with Gasteiger partial charge in [0.15, 0.2) is 11.6 Å². The molecule has 0 spiro atoms. The summed E-state index contributed by atoms with van der Waals surface area (Å²) in [6, 6.07) is 7.35. The molecule has 10 heteroatoms. The highest BCUT2D eigenvalue weighted by Gasteiger charge is 2.22. The molecule has 8 nitrogen and oxygen atoms in total. The number of anilines is 2. The number of nitrogens with one attached hydrogen (secondary N) is 1. The van der Waals surface area contributed by atoms with Gasteiger partial charge in [0.05, 0.1) is 11.7 Å². The number of hydrogen-bond acceptors (Lipinski definition) is 7. The Hall–Kier alpha value is -3.50. The Bertz CT molecular complexity index is 1470. The Morgan fingerprint density at radius 2 is 1.77 bits per heavy atom. The lowest BCUT2D eigenvalue weighted by Crippen LogP contribution is -2.33. The van der Waals surface area contributed by atoms with Crippen LogP contribution in [-0.4, -0.2) is 67.0 Å². The van der Waals surface area contributed by atoms with Gasteiger partial charge >= 0.3 is 0 Å². The second-order valence-electron chi connectivity index (χ2n) is 10.7. The topological polar surface area (TPSA) is 75.0 Å². The monoisotopic (exact) mass is 548 g/mol. The number of pyridine rings is 1. The zero-order valence-electron chi connectivity index (χ0n) is 24.0. The summed E-state index contributed by atoms with van der Waals surface area (Å²) in [6.07, 6.45) is 5.15. The van der Waals surface area contributed by atoms with Gasteiger partial charge in [-0.25, -0.2) is 28.7 Å². The number of imidazole rings is 1. The molecule has 4 heterocycles. The minimum Gasteiger partial charge on any atom is -0.326 e. The van der Waals surface area contributed by atoms with Gasteiger partial charge in [-0.1, -0.05) is 19.9 Å². The van der Waals surface area contributed by atoms with Crippen LogP contribution in [0.25, 0.3) is 22.3 Å². The first-order valence-electron chi connectivity index (χ1n) is 14.2. The molecule has 0 bridgehead atoms. The van der Waals surface area contributed by atoms with Crippen molar-refractivity contribution in [2.75, 3.05) is 38.0 Å². The van der Waals surface area contributed by atoms with E-state index in [1.54, 1.807) is 6.07 Å². The van der Waals surface area contributed by atoms with Crippen LogP contribution in [0, 0.1) is 18.6 Å². The molecule has 4 aromatic rings. The van der Waals surface area contributed by atoms with Gasteiger partial charge in [-0.2, -0.15) is 0 Å². The van der Waals surface area contributed by atoms with Gasteiger partial charge in [0.2, 0.25) is 5.95 Å². The first-order valence-corrected chi connectivity index (χ1v) is 14.2. The van der Waals surface area contributed by atoms with E-state index in [-0.39, 0.29) is 23.2 Å². The van der Waals surface area contributed by atoms with E-state index < -0.39 is 11.6 Å². The standard InChI is InChI=1S/C30H38F2N8/c1-6-25(39-12-8-11-38(7-2)13-14-39)21-9-10-27(33-17-21)36-30-34-18-24(32)28(37-30)22-15-23(31)29-26(16-22)40(19(3)4)20(5)35-29/h9-10,15-19,25H,6-8,11-14H2,1-5H3,(H,33,34,36,37)/t25-/m0/s1. The molecule has 5 rings (SSSR count). The zero-order valence-corrected chi connectivity index (χ0v) is 24.0. The lowest BCUT2D eigenvalue weighted by molar-refractivity contribution is 0.195. The average Bonchev–Trinajstić information content (AvgIpc) is 3.11. The maximum atomic E-state index is 15.0. The second-order valence-corrected chi connectivity index (χ2v) is 10.7. The third kappa shape index (κ3) is 5.69. The highest BCUT2D eigenvalue weighted by molar-refractivity contribution is 5.83. The number of fused-ring (bicyclic) bond motifs is 1. The van der Waals surface area contributed by atoms with E-state index in [9.17, 15) is 4.39 Å². The van der Waals surface area contributed by atoms with Crippen molar-refractivity contribution in [2.45, 2.75) is 59.5 Å². The lowest BCUT2D eigenvalue weighted by Gasteiger charge is -2.30. The second kappa shape index (κ2) is 11.9. The zero-order chi connectivity index (χ0) is 28.4. The molecule has 1 aliphatic heterocycles. The Morgan fingerprint density at radius 1 is 0.950 bits per heavy atom. The summed E-state index contributed by atoms with van der Waals surface area (Å²) in [7, 11) is 0. The van der Waals surface area contributed by atoms with Gasteiger partial charge in [-0.3, -0.25) is 4.90 Å². The maximum Gasteiger partial charge on any atom is 0.229 e. The van der Waals surface area contributed by atoms with Crippen LogP contribution in [0.2, 0.25) is 0 Å². The summed E-state index contributed by atoms with van der Waals surface area (Å²) in [5.74, 6) is 0.288. The summed E-state index contributed by atoms with van der Waals surface area (Å²) in [6.45, 7) is 15.7. The van der Waals surface area contributed by atoms with E-state index in [4.69, 9.17) is 0 Å². The van der Waals surface area contributed by atoms with E-state index in [1.165, 1.54) is 11.6 Å². The summed E-state index contributed by atoms with van der Waals surface area (Å²) >= 11 is 0. The first kappa shape index (κ1) is 28.0. The van der Waals surface area contributed by atoms with Crippen molar-refractivity contribution in [3.05, 3.63) is 59.7 Å². The predicted octanol–water partition coefficient (Wildman–Crippen LogP) is 6.28. The molecule has 0 radical (unpaired) electrons. The SMILES string of the molecule is CC[C@@H](c1ccc(Nc2ncc(F)c(-c3cc(F)c4nc(C)n(C(C)C)c4c3)n2)nc1)N1CCCN(CC)CC1. The van der Waals surface area contributed by atoms with E-state index in [0.717, 1.165) is 51.8 Å². The minimum absolute atomic E-state index is 0.0115. The molecule has 1 N–H and O–H groups in total. The van der Waals surface area contributed by atoms with Gasteiger partial charge in [0.25, 0.3) is 0 Å². The van der Waals surface area contributed by atoms with Crippen LogP contribution in [-0.2, 0) is 0 Å². The Morgan fingerprint density at radius 3 is 2.48 bits per heavy atom. The van der Waals surface area contributed by atoms with Crippen LogP contribution in [0.1, 0.15) is 64.0 Å². The van der Waals surface area contributed by atoms with E-state index in [2.05, 4.69) is 55.0 Å². The molecule has 1 atom stereocenters. The summed E-state index contributed by atoms with van der Waals surface area (Å²) in [4.78, 5) is 22.5. The molecule has 1 aromatic carbocycles. The number of likely N-dealkylation sites (N-methyl/N-ethyl adjacent to an activating group) is 1. The molecule has 1 fully saturated rings. The van der Waals surface area contributed by atoms with Crippen molar-refractivity contribution in [3.63, 3.8) is 0 Å². The Labute approximate surface area is 234 Å². The molecular weight excluding hydrogens is 510 g/mol.